The number of anilines is 1. The zero-order chi connectivity index (χ0) is 12.4. The Hall–Kier alpha value is -1.44. The summed E-state index contributed by atoms with van der Waals surface area (Å²) in [4.78, 5) is 26.9. The highest BCUT2D eigenvalue weighted by molar-refractivity contribution is 7.18. The minimum absolute atomic E-state index is 0.134. The van der Waals surface area contributed by atoms with Crippen LogP contribution in [0.3, 0.4) is 0 Å². The first-order chi connectivity index (χ1) is 8.06. The molecule has 5 nitrogen and oxygen atoms in total. The molecule has 0 aliphatic carbocycles. The first kappa shape index (κ1) is 12.0. The van der Waals surface area contributed by atoms with Crippen molar-refractivity contribution in [3.8, 4) is 0 Å². The summed E-state index contributed by atoms with van der Waals surface area (Å²) < 4.78 is 0.534. The third-order valence-electron chi connectivity index (χ3n) is 1.77. The van der Waals surface area contributed by atoms with Crippen molar-refractivity contribution in [3.05, 3.63) is 32.4 Å². The Bertz CT molecular complexity index is 578. The van der Waals surface area contributed by atoms with Gasteiger partial charge in [0.25, 0.3) is 11.8 Å². The molecule has 0 radical (unpaired) electrons. The lowest BCUT2D eigenvalue weighted by Gasteiger charge is -1.97. The van der Waals surface area contributed by atoms with Crippen molar-refractivity contribution >= 4 is 51.2 Å². The Labute approximate surface area is 109 Å². The van der Waals surface area contributed by atoms with Crippen LogP contribution >= 0.6 is 34.3 Å². The number of carbonyl (C=O) groups is 2. The van der Waals surface area contributed by atoms with Gasteiger partial charge in [0, 0.05) is 5.38 Å². The Kier molecular flexibility index (Phi) is 3.41. The second-order valence-electron chi connectivity index (χ2n) is 2.96. The lowest BCUT2D eigenvalue weighted by atomic mass is 10.4. The van der Waals surface area contributed by atoms with E-state index in [0.29, 0.717) is 14.3 Å². The number of nitrogens with two attached hydrogens (primary N) is 1. The van der Waals surface area contributed by atoms with Crippen LogP contribution in [0, 0.1) is 0 Å². The SMILES string of the molecule is NC(=O)c1csc(NC(=O)c2ccc(Cl)s2)n1. The summed E-state index contributed by atoms with van der Waals surface area (Å²) in [5, 5.41) is 4.37. The molecule has 0 saturated heterocycles. The van der Waals surface area contributed by atoms with E-state index >= 15 is 0 Å². The molecule has 0 aliphatic rings. The van der Waals surface area contributed by atoms with Crippen LogP contribution in [-0.2, 0) is 0 Å². The average Bonchev–Trinajstić information content (AvgIpc) is 2.86. The number of aromatic nitrogens is 1. The molecular weight excluding hydrogens is 282 g/mol. The fourth-order valence-electron chi connectivity index (χ4n) is 1.04. The van der Waals surface area contributed by atoms with Crippen molar-refractivity contribution in [2.45, 2.75) is 0 Å². The number of nitrogens with zero attached hydrogens (tertiary/aromatic N) is 1. The first-order valence-corrected chi connectivity index (χ1v) is 6.45. The van der Waals surface area contributed by atoms with E-state index in [-0.39, 0.29) is 11.6 Å². The van der Waals surface area contributed by atoms with E-state index in [2.05, 4.69) is 10.3 Å². The summed E-state index contributed by atoms with van der Waals surface area (Å²) in [6, 6.07) is 3.25. The highest BCUT2D eigenvalue weighted by Crippen LogP contribution is 2.23. The van der Waals surface area contributed by atoms with Crippen LogP contribution < -0.4 is 11.1 Å². The molecule has 0 aromatic carbocycles. The number of thiazole rings is 1. The zero-order valence-electron chi connectivity index (χ0n) is 8.27. The van der Waals surface area contributed by atoms with Crippen LogP contribution in [-0.4, -0.2) is 16.8 Å². The van der Waals surface area contributed by atoms with E-state index in [1.165, 1.54) is 16.7 Å². The van der Waals surface area contributed by atoms with Crippen molar-refractivity contribution < 1.29 is 9.59 Å². The number of carbonyl (C=O) groups excluding carboxylic acids is 2. The van der Waals surface area contributed by atoms with Crippen molar-refractivity contribution in [1.29, 1.82) is 0 Å². The van der Waals surface area contributed by atoms with Crippen LogP contribution in [0.2, 0.25) is 4.34 Å². The second kappa shape index (κ2) is 4.82. The van der Waals surface area contributed by atoms with Gasteiger partial charge in [-0.1, -0.05) is 11.6 Å². The Morgan fingerprint density at radius 3 is 2.71 bits per heavy atom. The van der Waals surface area contributed by atoms with Crippen LogP contribution in [0.5, 0.6) is 0 Å². The Balaban J connectivity index is 2.10. The molecule has 2 heterocycles. The molecule has 2 aromatic heterocycles. The molecule has 0 saturated carbocycles. The molecule has 88 valence electrons. The number of hydrogen-bond acceptors (Lipinski definition) is 5. The predicted octanol–water partition coefficient (Wildman–Crippen LogP) is 2.21. The third-order valence-corrected chi connectivity index (χ3v) is 3.76. The Morgan fingerprint density at radius 1 is 1.41 bits per heavy atom. The highest BCUT2D eigenvalue weighted by Gasteiger charge is 2.12. The van der Waals surface area contributed by atoms with Crippen molar-refractivity contribution in [1.82, 2.24) is 4.98 Å². The van der Waals surface area contributed by atoms with Gasteiger partial charge in [0.1, 0.15) is 5.69 Å². The topological polar surface area (TPSA) is 85.1 Å². The maximum Gasteiger partial charge on any atom is 0.268 e. The average molecular weight is 288 g/mol. The van der Waals surface area contributed by atoms with Crippen molar-refractivity contribution in [3.63, 3.8) is 0 Å². The second-order valence-corrected chi connectivity index (χ2v) is 5.53. The standard InChI is InChI=1S/C9H6ClN3O2S2/c10-6-2-1-5(17-6)8(15)13-9-12-4(3-16-9)7(11)14/h1-3H,(H2,11,14)(H,12,13,15). The number of nitrogens with one attached hydrogen (secondary N) is 1. The van der Waals surface area contributed by atoms with Crippen molar-refractivity contribution in [2.75, 3.05) is 5.32 Å². The smallest absolute Gasteiger partial charge is 0.268 e. The molecule has 17 heavy (non-hydrogen) atoms. The van der Waals surface area contributed by atoms with E-state index < -0.39 is 5.91 Å². The van der Waals surface area contributed by atoms with Gasteiger partial charge >= 0.3 is 0 Å². The molecule has 0 spiro atoms. The monoisotopic (exact) mass is 287 g/mol. The minimum atomic E-state index is -0.624. The van der Waals surface area contributed by atoms with E-state index in [1.54, 1.807) is 12.1 Å². The van der Waals surface area contributed by atoms with E-state index in [0.717, 1.165) is 11.3 Å². The van der Waals surface area contributed by atoms with Crippen LogP contribution in [0.25, 0.3) is 0 Å². The van der Waals surface area contributed by atoms with Gasteiger partial charge in [0.05, 0.1) is 9.21 Å². The summed E-state index contributed by atoms with van der Waals surface area (Å²) in [6.45, 7) is 0. The largest absolute Gasteiger partial charge is 0.364 e. The number of hydrogen-bond donors (Lipinski definition) is 2. The molecule has 8 heteroatoms. The Morgan fingerprint density at radius 2 is 2.18 bits per heavy atom. The van der Waals surface area contributed by atoms with E-state index in [1.807, 2.05) is 0 Å². The number of amides is 2. The van der Waals surface area contributed by atoms with Crippen LogP contribution in [0.1, 0.15) is 20.2 Å². The molecule has 2 rings (SSSR count). The molecular formula is C9H6ClN3O2S2. The van der Waals surface area contributed by atoms with E-state index in [4.69, 9.17) is 17.3 Å². The van der Waals surface area contributed by atoms with Gasteiger partial charge in [-0.2, -0.15) is 0 Å². The molecule has 0 unspecified atom stereocenters. The normalized spacial score (nSPS) is 10.2. The summed E-state index contributed by atoms with van der Waals surface area (Å²) in [5.74, 6) is -0.937. The number of rotatable bonds is 3. The zero-order valence-corrected chi connectivity index (χ0v) is 10.7. The summed E-state index contributed by atoms with van der Waals surface area (Å²) in [6.07, 6.45) is 0. The predicted molar refractivity (Wildman–Crippen MR) is 67.9 cm³/mol. The third kappa shape index (κ3) is 2.82. The van der Waals surface area contributed by atoms with Gasteiger partial charge in [-0.25, -0.2) is 4.98 Å². The molecule has 3 N–H and O–H groups in total. The first-order valence-electron chi connectivity index (χ1n) is 4.38. The van der Waals surface area contributed by atoms with E-state index in [9.17, 15) is 9.59 Å². The number of primary amides is 1. The molecule has 2 amide bonds. The number of thiophene rings is 1. The summed E-state index contributed by atoms with van der Waals surface area (Å²) >= 11 is 8.02. The molecule has 0 aliphatic heterocycles. The fraction of sp³-hybridized carbons (Fsp3) is 0. The van der Waals surface area contributed by atoms with Gasteiger partial charge < -0.3 is 5.73 Å². The molecule has 0 atom stereocenters. The quantitative estimate of drug-likeness (QED) is 0.907. The molecule has 0 fully saturated rings. The highest BCUT2D eigenvalue weighted by atomic mass is 35.5. The maximum atomic E-state index is 11.7. The fourth-order valence-corrected chi connectivity index (χ4v) is 2.67. The van der Waals surface area contributed by atoms with Gasteiger partial charge in [0.15, 0.2) is 5.13 Å². The lowest BCUT2D eigenvalue weighted by Crippen LogP contribution is -2.13. The van der Waals surface area contributed by atoms with Crippen LogP contribution in [0.4, 0.5) is 5.13 Å². The minimum Gasteiger partial charge on any atom is -0.364 e. The lowest BCUT2D eigenvalue weighted by molar-refractivity contribution is 0.0992. The number of halogens is 1. The van der Waals surface area contributed by atoms with Gasteiger partial charge in [0.2, 0.25) is 0 Å². The van der Waals surface area contributed by atoms with Gasteiger partial charge in [-0.3, -0.25) is 14.9 Å². The summed E-state index contributed by atoms with van der Waals surface area (Å²) in [5.41, 5.74) is 5.18. The molecule has 0 bridgehead atoms. The molecule has 2 aromatic rings. The van der Waals surface area contributed by atoms with Crippen molar-refractivity contribution in [2.24, 2.45) is 5.73 Å². The van der Waals surface area contributed by atoms with Gasteiger partial charge in [-0.15, -0.1) is 22.7 Å². The summed E-state index contributed by atoms with van der Waals surface area (Å²) in [7, 11) is 0. The maximum absolute atomic E-state index is 11.7. The van der Waals surface area contributed by atoms with Crippen LogP contribution in [0.15, 0.2) is 17.5 Å². The van der Waals surface area contributed by atoms with Gasteiger partial charge in [-0.05, 0) is 12.1 Å².